The number of hydrogen-bond acceptors (Lipinski definition) is 5. The first-order valence-electron chi connectivity index (χ1n) is 6.15. The molecule has 0 bridgehead atoms. The van der Waals surface area contributed by atoms with Gasteiger partial charge in [-0.25, -0.2) is 9.07 Å². The fourth-order valence-corrected chi connectivity index (χ4v) is 2.63. The van der Waals surface area contributed by atoms with Crippen molar-refractivity contribution in [3.8, 4) is 0 Å². The van der Waals surface area contributed by atoms with Crippen molar-refractivity contribution < 1.29 is 4.39 Å². The number of nitrogens with two attached hydrogens (primary N) is 1. The lowest BCUT2D eigenvalue weighted by Gasteiger charge is -2.05. The van der Waals surface area contributed by atoms with E-state index in [1.54, 1.807) is 30.3 Å². The summed E-state index contributed by atoms with van der Waals surface area (Å²) in [5, 5.41) is 8.38. The van der Waals surface area contributed by atoms with E-state index < -0.39 is 5.82 Å². The summed E-state index contributed by atoms with van der Waals surface area (Å²) in [4.78, 5) is 12.9. The van der Waals surface area contributed by atoms with E-state index in [1.807, 2.05) is 0 Å². The van der Waals surface area contributed by atoms with Gasteiger partial charge in [0, 0.05) is 4.90 Å². The van der Waals surface area contributed by atoms with Gasteiger partial charge in [0.05, 0.1) is 17.0 Å². The molecule has 0 amide bonds. The zero-order chi connectivity index (χ0) is 14.8. The van der Waals surface area contributed by atoms with Crippen LogP contribution in [-0.4, -0.2) is 15.0 Å². The third-order valence-electron chi connectivity index (χ3n) is 2.95. The molecule has 3 rings (SSSR count). The number of nitrogen functional groups attached to an aromatic ring is 1. The fourth-order valence-electron chi connectivity index (χ4n) is 1.84. The first-order chi connectivity index (χ1) is 10.1. The molecule has 0 saturated heterocycles. The van der Waals surface area contributed by atoms with Crippen LogP contribution in [-0.2, 0) is 5.88 Å². The van der Waals surface area contributed by atoms with E-state index in [2.05, 4.69) is 10.3 Å². The number of nitrogens with zero attached hydrogens (tertiary/aromatic N) is 3. The molecule has 1 aromatic heterocycles. The standard InChI is InChI=1S/C14H11FN4OS/c15-11-7-9(5-6-12(11)16)21-8-19-14(20)10-3-1-2-4-13(10)17-18-19/h1-7H,8,16H2. The molecule has 0 unspecified atom stereocenters. The van der Waals surface area contributed by atoms with Crippen molar-refractivity contribution in [2.75, 3.05) is 5.73 Å². The molecule has 5 nitrogen and oxygen atoms in total. The zero-order valence-electron chi connectivity index (χ0n) is 10.9. The average Bonchev–Trinajstić information content (AvgIpc) is 2.50. The number of thioether (sulfide) groups is 1. The lowest BCUT2D eigenvalue weighted by molar-refractivity contribution is 0.628. The van der Waals surface area contributed by atoms with E-state index >= 15 is 0 Å². The molecule has 0 atom stereocenters. The summed E-state index contributed by atoms with van der Waals surface area (Å²) in [6, 6.07) is 11.5. The molecule has 1 heterocycles. The van der Waals surface area contributed by atoms with Crippen LogP contribution in [0, 0.1) is 5.82 Å². The minimum atomic E-state index is -0.475. The minimum Gasteiger partial charge on any atom is -0.396 e. The van der Waals surface area contributed by atoms with Gasteiger partial charge < -0.3 is 5.73 Å². The predicted octanol–water partition coefficient (Wildman–Crippen LogP) is 2.26. The maximum absolute atomic E-state index is 13.4. The quantitative estimate of drug-likeness (QED) is 0.593. The summed E-state index contributed by atoms with van der Waals surface area (Å²) >= 11 is 1.28. The van der Waals surface area contributed by atoms with Crippen molar-refractivity contribution in [2.24, 2.45) is 0 Å². The summed E-state index contributed by atoms with van der Waals surface area (Å²) in [5.74, 6) is -0.225. The summed E-state index contributed by atoms with van der Waals surface area (Å²) < 4.78 is 14.6. The third-order valence-corrected chi connectivity index (χ3v) is 3.92. The van der Waals surface area contributed by atoms with Gasteiger partial charge in [0.25, 0.3) is 5.56 Å². The summed E-state index contributed by atoms with van der Waals surface area (Å²) in [5.41, 5.74) is 5.86. The largest absolute Gasteiger partial charge is 0.396 e. The number of aromatic nitrogens is 3. The van der Waals surface area contributed by atoms with Crippen LogP contribution in [0.2, 0.25) is 0 Å². The highest BCUT2D eigenvalue weighted by molar-refractivity contribution is 7.98. The molecule has 0 aliphatic heterocycles. The molecule has 0 fully saturated rings. The van der Waals surface area contributed by atoms with Crippen LogP contribution in [0.25, 0.3) is 10.9 Å². The Morgan fingerprint density at radius 1 is 1.24 bits per heavy atom. The molecule has 0 aliphatic carbocycles. The van der Waals surface area contributed by atoms with E-state index in [9.17, 15) is 9.18 Å². The Hall–Kier alpha value is -2.41. The molecule has 0 aliphatic rings. The molecule has 0 saturated carbocycles. The second-order valence-corrected chi connectivity index (χ2v) is 5.39. The van der Waals surface area contributed by atoms with Crippen LogP contribution in [0.15, 0.2) is 52.2 Å². The first-order valence-corrected chi connectivity index (χ1v) is 7.14. The van der Waals surface area contributed by atoms with Crippen molar-refractivity contribution >= 4 is 28.4 Å². The molecule has 7 heteroatoms. The molecular formula is C14H11FN4OS. The van der Waals surface area contributed by atoms with E-state index in [4.69, 9.17) is 5.73 Å². The van der Waals surface area contributed by atoms with Gasteiger partial charge >= 0.3 is 0 Å². The van der Waals surface area contributed by atoms with Gasteiger partial charge in [-0.15, -0.1) is 16.9 Å². The van der Waals surface area contributed by atoms with Gasteiger partial charge in [-0.05, 0) is 30.3 Å². The Morgan fingerprint density at radius 3 is 2.86 bits per heavy atom. The van der Waals surface area contributed by atoms with Crippen LogP contribution in [0.1, 0.15) is 0 Å². The molecular weight excluding hydrogens is 291 g/mol. The van der Waals surface area contributed by atoms with E-state index in [1.165, 1.54) is 28.6 Å². The number of halogens is 1. The normalized spacial score (nSPS) is 10.9. The minimum absolute atomic E-state index is 0.0991. The topological polar surface area (TPSA) is 73.8 Å². The van der Waals surface area contributed by atoms with Crippen molar-refractivity contribution in [2.45, 2.75) is 10.8 Å². The van der Waals surface area contributed by atoms with Crippen LogP contribution in [0.4, 0.5) is 10.1 Å². The SMILES string of the molecule is Nc1ccc(SCn2nnc3ccccc3c2=O)cc1F. The van der Waals surface area contributed by atoms with Crippen molar-refractivity contribution in [3.63, 3.8) is 0 Å². The number of hydrogen-bond donors (Lipinski definition) is 1. The van der Waals surface area contributed by atoms with E-state index in [0.29, 0.717) is 15.8 Å². The molecule has 0 radical (unpaired) electrons. The number of anilines is 1. The molecule has 21 heavy (non-hydrogen) atoms. The highest BCUT2D eigenvalue weighted by Crippen LogP contribution is 2.22. The van der Waals surface area contributed by atoms with Crippen LogP contribution >= 0.6 is 11.8 Å². The monoisotopic (exact) mass is 302 g/mol. The van der Waals surface area contributed by atoms with Gasteiger partial charge in [-0.2, -0.15) is 0 Å². The third kappa shape index (κ3) is 2.73. The van der Waals surface area contributed by atoms with Crippen LogP contribution in [0.3, 0.4) is 0 Å². The Kier molecular flexibility index (Phi) is 3.57. The van der Waals surface area contributed by atoms with Gasteiger partial charge in [-0.3, -0.25) is 4.79 Å². The first kappa shape index (κ1) is 13.6. The van der Waals surface area contributed by atoms with E-state index in [0.717, 1.165) is 0 Å². The Balaban J connectivity index is 1.86. The van der Waals surface area contributed by atoms with Crippen molar-refractivity contribution in [1.29, 1.82) is 0 Å². The Labute approximate surface area is 123 Å². The zero-order valence-corrected chi connectivity index (χ0v) is 11.7. The fraction of sp³-hybridized carbons (Fsp3) is 0.0714. The predicted molar refractivity (Wildman–Crippen MR) is 80.5 cm³/mol. The lowest BCUT2D eigenvalue weighted by atomic mass is 10.2. The summed E-state index contributed by atoms with van der Waals surface area (Å²) in [6.45, 7) is 0. The molecule has 3 aromatic rings. The second kappa shape index (κ2) is 5.53. The smallest absolute Gasteiger partial charge is 0.278 e. The van der Waals surface area contributed by atoms with Gasteiger partial charge in [0.2, 0.25) is 0 Å². The lowest BCUT2D eigenvalue weighted by Crippen LogP contribution is -2.23. The maximum Gasteiger partial charge on any atom is 0.278 e. The molecule has 2 aromatic carbocycles. The van der Waals surface area contributed by atoms with E-state index in [-0.39, 0.29) is 17.1 Å². The summed E-state index contributed by atoms with van der Waals surface area (Å²) in [7, 11) is 0. The molecule has 106 valence electrons. The highest BCUT2D eigenvalue weighted by atomic mass is 32.2. The number of rotatable bonds is 3. The van der Waals surface area contributed by atoms with Crippen molar-refractivity contribution in [1.82, 2.24) is 15.0 Å². The van der Waals surface area contributed by atoms with Gasteiger partial charge in [0.15, 0.2) is 0 Å². The summed E-state index contributed by atoms with van der Waals surface area (Å²) in [6.07, 6.45) is 0. The van der Waals surface area contributed by atoms with Gasteiger partial charge in [-0.1, -0.05) is 17.3 Å². The number of fused-ring (bicyclic) bond motifs is 1. The second-order valence-electron chi connectivity index (χ2n) is 4.37. The average molecular weight is 302 g/mol. The number of benzene rings is 2. The van der Waals surface area contributed by atoms with Crippen molar-refractivity contribution in [3.05, 3.63) is 58.6 Å². The molecule has 2 N–H and O–H groups in total. The maximum atomic E-state index is 13.4. The van der Waals surface area contributed by atoms with Crippen LogP contribution in [0.5, 0.6) is 0 Å². The molecule has 0 spiro atoms. The highest BCUT2D eigenvalue weighted by Gasteiger charge is 2.06. The van der Waals surface area contributed by atoms with Gasteiger partial charge in [0.1, 0.15) is 11.3 Å². The Bertz CT molecular complexity index is 865. The van der Waals surface area contributed by atoms with Crippen LogP contribution < -0.4 is 11.3 Å². The Morgan fingerprint density at radius 2 is 2.05 bits per heavy atom.